The van der Waals surface area contributed by atoms with Crippen LogP contribution in [0.5, 0.6) is 0 Å². The van der Waals surface area contributed by atoms with Crippen molar-refractivity contribution in [2.75, 3.05) is 33.4 Å². The van der Waals surface area contributed by atoms with E-state index in [1.165, 1.54) is 0 Å². The first kappa shape index (κ1) is 16.1. The lowest BCUT2D eigenvalue weighted by Crippen LogP contribution is -2.39. The van der Waals surface area contributed by atoms with Crippen LogP contribution in [0.25, 0.3) is 0 Å². The number of hydrogen-bond acceptors (Lipinski definition) is 3. The fourth-order valence-electron chi connectivity index (χ4n) is 1.03. The SMILES string of the molecule is COCCNC(=O)CCNC(=S)NCC(C)C. The minimum absolute atomic E-state index is 0.00112. The molecule has 3 N–H and O–H groups in total. The van der Waals surface area contributed by atoms with Crippen molar-refractivity contribution in [3.63, 3.8) is 0 Å². The van der Waals surface area contributed by atoms with Crippen LogP contribution >= 0.6 is 12.2 Å². The van der Waals surface area contributed by atoms with E-state index in [0.29, 0.717) is 37.1 Å². The third kappa shape index (κ3) is 11.4. The second kappa shape index (κ2) is 10.3. The average Bonchev–Trinajstić information content (AvgIpc) is 2.27. The zero-order valence-electron chi connectivity index (χ0n) is 10.8. The monoisotopic (exact) mass is 261 g/mol. The van der Waals surface area contributed by atoms with Gasteiger partial charge in [-0.3, -0.25) is 4.79 Å². The molecule has 0 radical (unpaired) electrons. The third-order valence-electron chi connectivity index (χ3n) is 1.94. The summed E-state index contributed by atoms with van der Waals surface area (Å²) in [4.78, 5) is 11.3. The predicted molar refractivity (Wildman–Crippen MR) is 72.9 cm³/mol. The Morgan fingerprint density at radius 1 is 1.24 bits per heavy atom. The lowest BCUT2D eigenvalue weighted by Gasteiger charge is -2.12. The van der Waals surface area contributed by atoms with Gasteiger partial charge in [-0.15, -0.1) is 0 Å². The Morgan fingerprint density at radius 2 is 1.94 bits per heavy atom. The summed E-state index contributed by atoms with van der Waals surface area (Å²) in [7, 11) is 1.60. The maximum atomic E-state index is 11.3. The molecule has 0 heterocycles. The topological polar surface area (TPSA) is 62.4 Å². The van der Waals surface area contributed by atoms with Crippen molar-refractivity contribution in [1.82, 2.24) is 16.0 Å². The van der Waals surface area contributed by atoms with Crippen LogP contribution in [-0.4, -0.2) is 44.4 Å². The van der Waals surface area contributed by atoms with Gasteiger partial charge in [-0.05, 0) is 18.1 Å². The van der Waals surface area contributed by atoms with Crippen molar-refractivity contribution in [1.29, 1.82) is 0 Å². The zero-order valence-corrected chi connectivity index (χ0v) is 11.7. The summed E-state index contributed by atoms with van der Waals surface area (Å²) in [6.07, 6.45) is 0.410. The van der Waals surface area contributed by atoms with E-state index in [9.17, 15) is 4.79 Å². The minimum Gasteiger partial charge on any atom is -0.383 e. The van der Waals surface area contributed by atoms with E-state index < -0.39 is 0 Å². The van der Waals surface area contributed by atoms with E-state index in [1.807, 2.05) is 0 Å². The van der Waals surface area contributed by atoms with Gasteiger partial charge in [0.25, 0.3) is 0 Å². The van der Waals surface area contributed by atoms with Crippen molar-refractivity contribution in [2.24, 2.45) is 5.92 Å². The molecule has 6 heteroatoms. The fourth-order valence-corrected chi connectivity index (χ4v) is 1.22. The first-order valence-electron chi connectivity index (χ1n) is 5.83. The summed E-state index contributed by atoms with van der Waals surface area (Å²) in [5.41, 5.74) is 0. The molecule has 0 bridgehead atoms. The molecule has 0 spiro atoms. The first-order valence-corrected chi connectivity index (χ1v) is 6.24. The molecule has 0 aliphatic heterocycles. The van der Waals surface area contributed by atoms with Crippen molar-refractivity contribution in [3.05, 3.63) is 0 Å². The molecule has 0 saturated heterocycles. The number of hydrogen-bond donors (Lipinski definition) is 3. The number of methoxy groups -OCH3 is 1. The molecule has 0 aromatic rings. The van der Waals surface area contributed by atoms with E-state index in [-0.39, 0.29) is 5.91 Å². The predicted octanol–water partition coefficient (Wildman–Crippen LogP) is 0.259. The van der Waals surface area contributed by atoms with Gasteiger partial charge in [0.2, 0.25) is 5.91 Å². The maximum Gasteiger partial charge on any atom is 0.221 e. The Hall–Kier alpha value is -0.880. The molecule has 0 fully saturated rings. The summed E-state index contributed by atoms with van der Waals surface area (Å²) in [5.74, 6) is 0.549. The van der Waals surface area contributed by atoms with E-state index in [1.54, 1.807) is 7.11 Å². The van der Waals surface area contributed by atoms with Crippen LogP contribution in [0.3, 0.4) is 0 Å². The molecule has 0 unspecified atom stereocenters. The van der Waals surface area contributed by atoms with E-state index >= 15 is 0 Å². The lowest BCUT2D eigenvalue weighted by atomic mass is 10.2. The van der Waals surface area contributed by atoms with Crippen molar-refractivity contribution in [2.45, 2.75) is 20.3 Å². The standard InChI is InChI=1S/C11H23N3O2S/c1-9(2)8-14-11(17)13-5-4-10(15)12-6-7-16-3/h9H,4-8H2,1-3H3,(H,12,15)(H2,13,14,17). The Morgan fingerprint density at radius 3 is 2.53 bits per heavy atom. The molecule has 0 aliphatic carbocycles. The molecule has 0 rings (SSSR count). The highest BCUT2D eigenvalue weighted by molar-refractivity contribution is 7.80. The highest BCUT2D eigenvalue weighted by Crippen LogP contribution is 1.86. The molecule has 17 heavy (non-hydrogen) atoms. The highest BCUT2D eigenvalue weighted by atomic mass is 32.1. The number of rotatable bonds is 8. The number of nitrogens with one attached hydrogen (secondary N) is 3. The number of amides is 1. The third-order valence-corrected chi connectivity index (χ3v) is 2.23. The van der Waals surface area contributed by atoms with Crippen molar-refractivity contribution in [3.8, 4) is 0 Å². The molecular formula is C11H23N3O2S. The van der Waals surface area contributed by atoms with E-state index in [0.717, 1.165) is 6.54 Å². The van der Waals surface area contributed by atoms with Crippen LogP contribution in [0.1, 0.15) is 20.3 Å². The smallest absolute Gasteiger partial charge is 0.221 e. The Labute approximate surface area is 109 Å². The second-order valence-electron chi connectivity index (χ2n) is 4.12. The summed E-state index contributed by atoms with van der Waals surface area (Å²) in [6, 6.07) is 0. The van der Waals surface area contributed by atoms with Crippen LogP contribution in [0, 0.1) is 5.92 Å². The van der Waals surface area contributed by atoms with Crippen LogP contribution in [0.15, 0.2) is 0 Å². The quantitative estimate of drug-likeness (QED) is 0.432. The van der Waals surface area contributed by atoms with Crippen molar-refractivity contribution >= 4 is 23.2 Å². The van der Waals surface area contributed by atoms with Gasteiger partial charge in [0.1, 0.15) is 0 Å². The molecule has 0 saturated carbocycles. The number of carbonyl (C=O) groups excluding carboxylic acids is 1. The zero-order chi connectivity index (χ0) is 13.1. The summed E-state index contributed by atoms with van der Waals surface area (Å²) in [6.45, 7) is 6.69. The number of carbonyl (C=O) groups is 1. The van der Waals surface area contributed by atoms with Gasteiger partial charge in [-0.1, -0.05) is 13.8 Å². The number of thiocarbonyl (C=S) groups is 1. The Bertz CT molecular complexity index is 235. The van der Waals surface area contributed by atoms with Gasteiger partial charge in [-0.25, -0.2) is 0 Å². The molecule has 100 valence electrons. The van der Waals surface area contributed by atoms with E-state index in [4.69, 9.17) is 17.0 Å². The van der Waals surface area contributed by atoms with Crippen LogP contribution < -0.4 is 16.0 Å². The van der Waals surface area contributed by atoms with Crippen LogP contribution in [0.2, 0.25) is 0 Å². The molecular weight excluding hydrogens is 238 g/mol. The normalized spacial score (nSPS) is 10.1. The highest BCUT2D eigenvalue weighted by Gasteiger charge is 2.01. The van der Waals surface area contributed by atoms with E-state index in [2.05, 4.69) is 29.8 Å². The maximum absolute atomic E-state index is 11.3. The minimum atomic E-state index is 0.00112. The largest absolute Gasteiger partial charge is 0.383 e. The van der Waals surface area contributed by atoms with Crippen molar-refractivity contribution < 1.29 is 9.53 Å². The Balaban J connectivity index is 3.42. The molecule has 0 aliphatic rings. The molecule has 0 aromatic carbocycles. The van der Waals surface area contributed by atoms with Gasteiger partial charge in [0, 0.05) is 33.2 Å². The van der Waals surface area contributed by atoms with Crippen LogP contribution in [-0.2, 0) is 9.53 Å². The fraction of sp³-hybridized carbons (Fsp3) is 0.818. The lowest BCUT2D eigenvalue weighted by molar-refractivity contribution is -0.121. The average molecular weight is 261 g/mol. The first-order chi connectivity index (χ1) is 8.06. The van der Waals surface area contributed by atoms with Crippen LogP contribution in [0.4, 0.5) is 0 Å². The van der Waals surface area contributed by atoms with Gasteiger partial charge in [-0.2, -0.15) is 0 Å². The van der Waals surface area contributed by atoms with Gasteiger partial charge in [0.05, 0.1) is 6.61 Å². The summed E-state index contributed by atoms with van der Waals surface area (Å²) >= 11 is 5.06. The Kier molecular flexibility index (Phi) is 9.75. The molecule has 5 nitrogen and oxygen atoms in total. The van der Waals surface area contributed by atoms with Gasteiger partial charge in [0.15, 0.2) is 5.11 Å². The second-order valence-corrected chi connectivity index (χ2v) is 4.53. The van der Waals surface area contributed by atoms with Gasteiger partial charge < -0.3 is 20.7 Å². The number of ether oxygens (including phenoxy) is 1. The molecule has 0 aromatic heterocycles. The molecule has 1 amide bonds. The molecule has 0 atom stereocenters. The summed E-state index contributed by atoms with van der Waals surface area (Å²) in [5, 5.41) is 9.40. The van der Waals surface area contributed by atoms with Gasteiger partial charge >= 0.3 is 0 Å². The summed E-state index contributed by atoms with van der Waals surface area (Å²) < 4.78 is 4.83.